The van der Waals surface area contributed by atoms with Crippen LogP contribution in [0.3, 0.4) is 0 Å². The molecule has 22 heavy (non-hydrogen) atoms. The normalized spacial score (nSPS) is 10.5. The lowest BCUT2D eigenvalue weighted by Gasteiger charge is -2.03. The van der Waals surface area contributed by atoms with Gasteiger partial charge in [0.1, 0.15) is 0 Å². The van der Waals surface area contributed by atoms with Crippen molar-refractivity contribution in [3.8, 4) is 0 Å². The number of ketones is 2. The first-order valence-electron chi connectivity index (χ1n) is 7.03. The average Bonchev–Trinajstić information content (AvgIpc) is 2.55. The fraction of sp³-hybridized carbons (Fsp3) is 0.111. The second-order valence-corrected chi connectivity index (χ2v) is 5.02. The first kappa shape index (κ1) is 14.1. The number of Topliss-reactive ketones (excluding diaryl/α,β-unsaturated/α-hetero) is 2. The van der Waals surface area contributed by atoms with Crippen LogP contribution < -0.4 is 0 Å². The molecule has 108 valence electrons. The molecule has 3 rings (SSSR count). The Hall–Kier alpha value is -2.88. The summed E-state index contributed by atoms with van der Waals surface area (Å²) in [6, 6.07) is 16.7. The van der Waals surface area contributed by atoms with Crippen LogP contribution in [-0.2, 0) is 22.4 Å². The Balaban J connectivity index is 1.71. The van der Waals surface area contributed by atoms with Crippen LogP contribution in [0.5, 0.6) is 0 Å². The van der Waals surface area contributed by atoms with Gasteiger partial charge in [-0.05, 0) is 24.3 Å². The smallest absolute Gasteiger partial charge is 0.204 e. The Morgan fingerprint density at radius 1 is 0.773 bits per heavy atom. The van der Waals surface area contributed by atoms with Gasteiger partial charge in [0.05, 0.1) is 18.4 Å². The predicted octanol–water partition coefficient (Wildman–Crippen LogP) is 2.55. The monoisotopic (exact) mass is 290 g/mol. The lowest BCUT2D eigenvalue weighted by molar-refractivity contribution is -0.135. The van der Waals surface area contributed by atoms with E-state index in [-0.39, 0.29) is 12.8 Å². The number of para-hydroxylation sites is 1. The molecule has 0 aliphatic heterocycles. The summed E-state index contributed by atoms with van der Waals surface area (Å²) in [4.78, 5) is 32.5. The number of rotatable bonds is 5. The zero-order chi connectivity index (χ0) is 15.4. The van der Waals surface area contributed by atoms with E-state index < -0.39 is 11.6 Å². The van der Waals surface area contributed by atoms with Crippen molar-refractivity contribution in [1.29, 1.82) is 0 Å². The minimum atomic E-state index is -0.437. The average molecular weight is 290 g/mol. The molecule has 0 aliphatic carbocycles. The molecule has 0 radical (unpaired) electrons. The number of benzene rings is 1. The van der Waals surface area contributed by atoms with Gasteiger partial charge in [-0.25, -0.2) is 0 Å². The topological polar surface area (TPSA) is 59.9 Å². The number of fused-ring (bicyclic) bond motifs is 1. The number of hydrogen-bond donors (Lipinski definition) is 0. The van der Waals surface area contributed by atoms with Crippen molar-refractivity contribution in [1.82, 2.24) is 9.97 Å². The van der Waals surface area contributed by atoms with Crippen LogP contribution in [0.1, 0.15) is 11.4 Å². The second kappa shape index (κ2) is 6.26. The quantitative estimate of drug-likeness (QED) is 0.678. The van der Waals surface area contributed by atoms with Gasteiger partial charge >= 0.3 is 0 Å². The molecular weight excluding hydrogens is 276 g/mol. The lowest BCUT2D eigenvalue weighted by Crippen LogP contribution is -2.19. The molecular formula is C18H14N2O2. The van der Waals surface area contributed by atoms with Crippen LogP contribution >= 0.6 is 0 Å². The molecule has 2 heterocycles. The largest absolute Gasteiger partial charge is 0.290 e. The predicted molar refractivity (Wildman–Crippen MR) is 83.4 cm³/mol. The van der Waals surface area contributed by atoms with E-state index in [1.165, 1.54) is 0 Å². The molecule has 0 N–H and O–H groups in total. The van der Waals surface area contributed by atoms with Crippen LogP contribution in [-0.4, -0.2) is 21.5 Å². The van der Waals surface area contributed by atoms with E-state index in [9.17, 15) is 9.59 Å². The Labute approximate surface area is 127 Å². The molecule has 2 aromatic heterocycles. The Bertz CT molecular complexity index is 829. The van der Waals surface area contributed by atoms with Gasteiger partial charge in [0, 0.05) is 23.0 Å². The van der Waals surface area contributed by atoms with Gasteiger partial charge in [-0.2, -0.15) is 0 Å². The van der Waals surface area contributed by atoms with E-state index in [0.717, 1.165) is 10.9 Å². The maximum atomic E-state index is 12.0. The van der Waals surface area contributed by atoms with Crippen molar-refractivity contribution >= 4 is 22.5 Å². The van der Waals surface area contributed by atoms with Crippen LogP contribution in [0.4, 0.5) is 0 Å². The Kier molecular flexibility index (Phi) is 4.01. The van der Waals surface area contributed by atoms with Crippen LogP contribution in [0.2, 0.25) is 0 Å². The Morgan fingerprint density at radius 2 is 1.50 bits per heavy atom. The fourth-order valence-corrected chi connectivity index (χ4v) is 2.24. The highest BCUT2D eigenvalue weighted by Crippen LogP contribution is 2.12. The summed E-state index contributed by atoms with van der Waals surface area (Å²) in [6.45, 7) is 0. The standard InChI is InChI=1S/C18H14N2O2/c21-17(11-14-6-3-4-10-19-14)18(22)12-15-9-8-13-5-1-2-7-16(13)20-15/h1-10H,11-12H2. The van der Waals surface area contributed by atoms with E-state index >= 15 is 0 Å². The van der Waals surface area contributed by atoms with E-state index in [2.05, 4.69) is 9.97 Å². The molecule has 0 saturated carbocycles. The Morgan fingerprint density at radius 3 is 2.27 bits per heavy atom. The van der Waals surface area contributed by atoms with E-state index in [1.807, 2.05) is 30.3 Å². The summed E-state index contributed by atoms with van der Waals surface area (Å²) < 4.78 is 0. The van der Waals surface area contributed by atoms with Crippen molar-refractivity contribution in [2.45, 2.75) is 12.8 Å². The molecule has 0 fully saturated rings. The van der Waals surface area contributed by atoms with Crippen molar-refractivity contribution in [2.24, 2.45) is 0 Å². The van der Waals surface area contributed by atoms with Gasteiger partial charge in [0.25, 0.3) is 0 Å². The highest BCUT2D eigenvalue weighted by molar-refractivity contribution is 6.38. The number of hydrogen-bond acceptors (Lipinski definition) is 4. The first-order valence-corrected chi connectivity index (χ1v) is 7.03. The van der Waals surface area contributed by atoms with Crippen molar-refractivity contribution < 1.29 is 9.59 Å². The molecule has 0 atom stereocenters. The fourth-order valence-electron chi connectivity index (χ4n) is 2.24. The maximum absolute atomic E-state index is 12.0. The molecule has 0 spiro atoms. The first-order chi connectivity index (χ1) is 10.7. The van der Waals surface area contributed by atoms with Gasteiger partial charge in [-0.15, -0.1) is 0 Å². The van der Waals surface area contributed by atoms with Crippen molar-refractivity contribution in [3.05, 3.63) is 72.2 Å². The van der Waals surface area contributed by atoms with Gasteiger partial charge < -0.3 is 0 Å². The van der Waals surface area contributed by atoms with E-state index in [1.54, 1.807) is 30.5 Å². The SMILES string of the molecule is O=C(Cc1ccccn1)C(=O)Cc1ccc2ccccc2n1. The van der Waals surface area contributed by atoms with Gasteiger partial charge in [-0.1, -0.05) is 30.3 Å². The van der Waals surface area contributed by atoms with Crippen LogP contribution in [0, 0.1) is 0 Å². The zero-order valence-electron chi connectivity index (χ0n) is 11.9. The summed E-state index contributed by atoms with van der Waals surface area (Å²) in [5.74, 6) is -0.873. The van der Waals surface area contributed by atoms with E-state index in [0.29, 0.717) is 11.4 Å². The molecule has 0 unspecified atom stereocenters. The molecule has 4 nitrogen and oxygen atoms in total. The minimum Gasteiger partial charge on any atom is -0.290 e. The summed E-state index contributed by atoms with van der Waals surface area (Å²) in [6.07, 6.45) is 1.67. The van der Waals surface area contributed by atoms with Gasteiger partial charge in [0.15, 0.2) is 0 Å². The number of carbonyl (C=O) groups is 2. The van der Waals surface area contributed by atoms with Crippen LogP contribution in [0.25, 0.3) is 10.9 Å². The lowest BCUT2D eigenvalue weighted by atomic mass is 10.1. The number of carbonyl (C=O) groups excluding carboxylic acids is 2. The molecule has 0 bridgehead atoms. The summed E-state index contributed by atoms with van der Waals surface area (Å²) >= 11 is 0. The van der Waals surface area contributed by atoms with Crippen LogP contribution in [0.15, 0.2) is 60.8 Å². The maximum Gasteiger partial charge on any atom is 0.204 e. The highest BCUT2D eigenvalue weighted by Gasteiger charge is 2.16. The molecule has 1 aromatic carbocycles. The molecule has 3 aromatic rings. The molecule has 0 saturated heterocycles. The van der Waals surface area contributed by atoms with Gasteiger partial charge in [-0.3, -0.25) is 19.6 Å². The third kappa shape index (κ3) is 3.23. The summed E-state index contributed by atoms with van der Waals surface area (Å²) in [5, 5.41) is 1.01. The van der Waals surface area contributed by atoms with E-state index in [4.69, 9.17) is 0 Å². The van der Waals surface area contributed by atoms with Crippen molar-refractivity contribution in [3.63, 3.8) is 0 Å². The minimum absolute atomic E-state index is 0.0243. The number of pyridine rings is 2. The molecule has 0 aliphatic rings. The third-order valence-electron chi connectivity index (χ3n) is 3.38. The highest BCUT2D eigenvalue weighted by atomic mass is 16.2. The molecule has 0 amide bonds. The van der Waals surface area contributed by atoms with Gasteiger partial charge in [0.2, 0.25) is 11.6 Å². The van der Waals surface area contributed by atoms with Crippen molar-refractivity contribution in [2.75, 3.05) is 0 Å². The summed E-state index contributed by atoms with van der Waals surface area (Å²) in [5.41, 5.74) is 2.04. The number of aromatic nitrogens is 2. The molecule has 4 heteroatoms. The zero-order valence-corrected chi connectivity index (χ0v) is 11.9. The number of nitrogens with zero attached hydrogens (tertiary/aromatic N) is 2. The third-order valence-corrected chi connectivity index (χ3v) is 3.38. The second-order valence-electron chi connectivity index (χ2n) is 5.02. The summed E-state index contributed by atoms with van der Waals surface area (Å²) in [7, 11) is 0.